The maximum Gasteiger partial charge on any atom is 0.323 e. The summed E-state index contributed by atoms with van der Waals surface area (Å²) in [5, 5.41) is 15.3. The molecule has 0 aliphatic rings. The number of nitrogens with zero attached hydrogens (tertiary/aromatic N) is 3. The second kappa shape index (κ2) is 11.3. The van der Waals surface area contributed by atoms with Crippen LogP contribution in [0, 0.1) is 20.8 Å². The first-order valence-electron chi connectivity index (χ1n) is 12.2. The Kier molecular flexibility index (Phi) is 7.46. The van der Waals surface area contributed by atoms with Gasteiger partial charge in [-0.15, -0.1) is 11.3 Å². The summed E-state index contributed by atoms with van der Waals surface area (Å²) in [7, 11) is 0. The van der Waals surface area contributed by atoms with Gasteiger partial charge in [0.1, 0.15) is 11.4 Å². The van der Waals surface area contributed by atoms with E-state index in [4.69, 9.17) is 9.51 Å². The zero-order chi connectivity index (χ0) is 27.4. The lowest BCUT2D eigenvalue weighted by molar-refractivity contribution is 0.102. The molecular weight excluding hydrogens is 512 g/mol. The normalized spacial score (nSPS) is 10.7. The molecule has 9 nitrogen and oxygen atoms in total. The highest BCUT2D eigenvalue weighted by molar-refractivity contribution is 7.10. The number of pyridine rings is 1. The Balaban J connectivity index is 1.21. The monoisotopic (exact) mass is 538 g/mol. The predicted molar refractivity (Wildman–Crippen MR) is 152 cm³/mol. The van der Waals surface area contributed by atoms with Crippen LogP contribution in [-0.2, 0) is 6.42 Å². The van der Waals surface area contributed by atoms with Crippen LogP contribution in [0.3, 0.4) is 0 Å². The first-order chi connectivity index (χ1) is 18.9. The van der Waals surface area contributed by atoms with Crippen molar-refractivity contribution in [3.8, 4) is 11.3 Å². The molecule has 0 saturated heterocycles. The third-order valence-electron chi connectivity index (χ3n) is 6.13. The van der Waals surface area contributed by atoms with Gasteiger partial charge in [0.25, 0.3) is 5.91 Å². The van der Waals surface area contributed by atoms with Crippen molar-refractivity contribution in [2.75, 3.05) is 16.0 Å². The number of anilines is 3. The first-order valence-corrected chi connectivity index (χ1v) is 13.1. The number of carbonyl (C=O) groups is 2. The molecule has 5 aromatic rings. The Hall–Kier alpha value is -4.83. The molecule has 0 aliphatic heterocycles. The molecule has 0 saturated carbocycles. The van der Waals surface area contributed by atoms with E-state index in [-0.39, 0.29) is 5.91 Å². The Morgan fingerprint density at radius 2 is 1.74 bits per heavy atom. The van der Waals surface area contributed by atoms with E-state index in [1.54, 1.807) is 61.8 Å². The van der Waals surface area contributed by atoms with E-state index < -0.39 is 6.03 Å². The van der Waals surface area contributed by atoms with Gasteiger partial charge in [-0.1, -0.05) is 11.2 Å². The molecule has 3 heterocycles. The summed E-state index contributed by atoms with van der Waals surface area (Å²) < 4.78 is 5.06. The number of hydrogen-bond donors (Lipinski definition) is 3. The number of carbonyl (C=O) groups excluding carboxylic acids is 2. The molecule has 196 valence electrons. The van der Waals surface area contributed by atoms with Crippen LogP contribution in [0.15, 0.2) is 76.9 Å². The molecule has 0 radical (unpaired) electrons. The SMILES string of the molecule is Cc1ccc(NC(=O)c2ccc(NC(=O)Nc3c(C)noc3C)cc2)cc1Cc1nc(-c2cccnc2)cs1. The minimum Gasteiger partial charge on any atom is -0.359 e. The molecule has 3 amide bonds. The summed E-state index contributed by atoms with van der Waals surface area (Å²) in [4.78, 5) is 34.2. The smallest absolute Gasteiger partial charge is 0.323 e. The van der Waals surface area contributed by atoms with Crippen LogP contribution in [-0.4, -0.2) is 27.1 Å². The molecule has 0 unspecified atom stereocenters. The van der Waals surface area contributed by atoms with Gasteiger partial charge < -0.3 is 20.5 Å². The molecule has 3 aromatic heterocycles. The van der Waals surface area contributed by atoms with Crippen molar-refractivity contribution in [2.45, 2.75) is 27.2 Å². The number of thiazole rings is 1. The topological polar surface area (TPSA) is 122 Å². The Morgan fingerprint density at radius 1 is 0.949 bits per heavy atom. The number of rotatable bonds is 7. The van der Waals surface area contributed by atoms with Gasteiger partial charge in [-0.05, 0) is 80.4 Å². The van der Waals surface area contributed by atoms with E-state index in [1.165, 1.54) is 0 Å². The summed E-state index contributed by atoms with van der Waals surface area (Å²) in [6, 6.07) is 16.0. The number of aryl methyl sites for hydroxylation is 3. The van der Waals surface area contributed by atoms with Gasteiger partial charge in [0.15, 0.2) is 5.76 Å². The number of urea groups is 1. The quantitative estimate of drug-likeness (QED) is 0.214. The fraction of sp³-hybridized carbons (Fsp3) is 0.138. The fourth-order valence-electron chi connectivity index (χ4n) is 3.99. The molecule has 0 aliphatic carbocycles. The van der Waals surface area contributed by atoms with E-state index in [0.717, 1.165) is 27.4 Å². The van der Waals surface area contributed by atoms with Crippen molar-refractivity contribution in [3.63, 3.8) is 0 Å². The number of benzene rings is 2. The highest BCUT2D eigenvalue weighted by Gasteiger charge is 2.14. The molecule has 5 rings (SSSR count). The Labute approximate surface area is 229 Å². The largest absolute Gasteiger partial charge is 0.359 e. The van der Waals surface area contributed by atoms with Crippen molar-refractivity contribution in [1.82, 2.24) is 15.1 Å². The zero-order valence-corrected chi connectivity index (χ0v) is 22.4. The van der Waals surface area contributed by atoms with E-state index in [1.807, 2.05) is 42.6 Å². The lowest BCUT2D eigenvalue weighted by Crippen LogP contribution is -2.20. The summed E-state index contributed by atoms with van der Waals surface area (Å²) in [6.45, 7) is 5.51. The number of amides is 3. The van der Waals surface area contributed by atoms with E-state index in [0.29, 0.717) is 40.5 Å². The maximum absolute atomic E-state index is 12.9. The van der Waals surface area contributed by atoms with E-state index >= 15 is 0 Å². The van der Waals surface area contributed by atoms with Crippen molar-refractivity contribution in [3.05, 3.63) is 106 Å². The van der Waals surface area contributed by atoms with Gasteiger partial charge in [0, 0.05) is 46.7 Å². The zero-order valence-electron chi connectivity index (χ0n) is 21.6. The van der Waals surface area contributed by atoms with Crippen molar-refractivity contribution in [2.24, 2.45) is 0 Å². The lowest BCUT2D eigenvalue weighted by Gasteiger charge is -2.11. The maximum atomic E-state index is 12.9. The molecule has 3 N–H and O–H groups in total. The molecule has 0 bridgehead atoms. The van der Waals surface area contributed by atoms with Crippen LogP contribution in [0.1, 0.15) is 37.9 Å². The third kappa shape index (κ3) is 6.19. The first kappa shape index (κ1) is 25.8. The molecule has 0 fully saturated rings. The van der Waals surface area contributed by atoms with Crippen molar-refractivity contribution in [1.29, 1.82) is 0 Å². The minimum absolute atomic E-state index is 0.246. The lowest BCUT2D eigenvalue weighted by atomic mass is 10.0. The Morgan fingerprint density at radius 3 is 2.46 bits per heavy atom. The van der Waals surface area contributed by atoms with Crippen LogP contribution in [0.25, 0.3) is 11.3 Å². The highest BCUT2D eigenvalue weighted by atomic mass is 32.1. The van der Waals surface area contributed by atoms with Gasteiger partial charge >= 0.3 is 6.03 Å². The average molecular weight is 539 g/mol. The summed E-state index contributed by atoms with van der Waals surface area (Å²) in [6.07, 6.45) is 4.21. The second-order valence-corrected chi connectivity index (χ2v) is 9.94. The highest BCUT2D eigenvalue weighted by Crippen LogP contribution is 2.25. The standard InChI is InChI=1S/C29H26N6O3S/c1-17-6-9-24(13-22(17)14-26-33-25(16-39-26)21-5-4-12-30-15-21)31-28(36)20-7-10-23(11-8-20)32-29(37)34-27-18(2)35-38-19(27)3/h4-13,15-16H,14H2,1-3H3,(H,31,36)(H2,32,34,37). The van der Waals surface area contributed by atoms with Crippen molar-refractivity contribution >= 4 is 40.3 Å². The number of hydrogen-bond acceptors (Lipinski definition) is 7. The van der Waals surface area contributed by atoms with Gasteiger partial charge in [-0.25, -0.2) is 9.78 Å². The Bertz CT molecular complexity index is 1610. The summed E-state index contributed by atoms with van der Waals surface area (Å²) in [5.74, 6) is 0.278. The average Bonchev–Trinajstić information content (AvgIpc) is 3.53. The van der Waals surface area contributed by atoms with Crippen LogP contribution >= 0.6 is 11.3 Å². The van der Waals surface area contributed by atoms with Gasteiger partial charge in [-0.2, -0.15) is 0 Å². The third-order valence-corrected chi connectivity index (χ3v) is 6.98. The summed E-state index contributed by atoms with van der Waals surface area (Å²) in [5.41, 5.74) is 6.94. The summed E-state index contributed by atoms with van der Waals surface area (Å²) >= 11 is 1.60. The van der Waals surface area contributed by atoms with Crippen LogP contribution in [0.4, 0.5) is 21.9 Å². The second-order valence-electron chi connectivity index (χ2n) is 9.00. The van der Waals surface area contributed by atoms with Gasteiger partial charge in [-0.3, -0.25) is 9.78 Å². The predicted octanol–water partition coefficient (Wildman–Crippen LogP) is 6.61. The fourth-order valence-corrected chi connectivity index (χ4v) is 4.81. The van der Waals surface area contributed by atoms with Crippen molar-refractivity contribution < 1.29 is 14.1 Å². The molecule has 10 heteroatoms. The van der Waals surface area contributed by atoms with Gasteiger partial charge in [0.2, 0.25) is 0 Å². The number of nitrogens with one attached hydrogen (secondary N) is 3. The molecule has 2 aromatic carbocycles. The molecule has 0 spiro atoms. The van der Waals surface area contributed by atoms with E-state index in [2.05, 4.69) is 26.1 Å². The van der Waals surface area contributed by atoms with Crippen LogP contribution in [0.5, 0.6) is 0 Å². The molecule has 39 heavy (non-hydrogen) atoms. The van der Waals surface area contributed by atoms with Crippen LogP contribution in [0.2, 0.25) is 0 Å². The van der Waals surface area contributed by atoms with Crippen LogP contribution < -0.4 is 16.0 Å². The van der Waals surface area contributed by atoms with Gasteiger partial charge in [0.05, 0.1) is 10.7 Å². The van der Waals surface area contributed by atoms with E-state index in [9.17, 15) is 9.59 Å². The molecule has 0 atom stereocenters. The number of aromatic nitrogens is 3. The minimum atomic E-state index is -0.429. The molecular formula is C29H26N6O3S.